The van der Waals surface area contributed by atoms with Gasteiger partial charge in [-0.15, -0.1) is 0 Å². The Morgan fingerprint density at radius 3 is 1.71 bits per heavy atom. The monoisotopic (exact) mass is 443 g/mol. The highest BCUT2D eigenvalue weighted by Gasteiger charge is 2.37. The number of aliphatic hydroxyl groups is 1. The Labute approximate surface area is 176 Å². The van der Waals surface area contributed by atoms with Crippen molar-refractivity contribution in [2.75, 3.05) is 13.1 Å². The third-order valence-electron chi connectivity index (χ3n) is 5.37. The van der Waals surface area contributed by atoms with Gasteiger partial charge in [0.05, 0.1) is 43.8 Å². The van der Waals surface area contributed by atoms with Gasteiger partial charge in [0.2, 0.25) is 0 Å². The first-order valence-corrected chi connectivity index (χ1v) is 9.58. The fraction of sp³-hybridized carbons (Fsp3) is 0.429. The largest absolute Gasteiger partial charge is 0.416 e. The molecule has 2 N–H and O–H groups in total. The van der Waals surface area contributed by atoms with Gasteiger partial charge >= 0.3 is 12.4 Å². The van der Waals surface area contributed by atoms with Gasteiger partial charge in [0, 0.05) is 12.3 Å². The number of hydrogen-bond acceptors (Lipinski definition) is 3. The lowest BCUT2D eigenvalue weighted by Crippen LogP contribution is -2.51. The summed E-state index contributed by atoms with van der Waals surface area (Å²) in [6.07, 6.45) is -10.3. The Balaban J connectivity index is 1.95. The molecule has 2 radical (unpaired) electrons. The Morgan fingerprint density at radius 1 is 0.903 bits per heavy atom. The van der Waals surface area contributed by atoms with Crippen LogP contribution in [0, 0.1) is 0 Å². The van der Waals surface area contributed by atoms with Crippen molar-refractivity contribution in [2.24, 2.45) is 0 Å². The molecular weight excluding hydrogens is 423 g/mol. The van der Waals surface area contributed by atoms with Gasteiger partial charge in [-0.2, -0.15) is 26.3 Å². The second-order valence-corrected chi connectivity index (χ2v) is 7.41. The first-order valence-electron chi connectivity index (χ1n) is 9.58. The molecule has 2 aromatic carbocycles. The fourth-order valence-electron chi connectivity index (χ4n) is 3.77. The van der Waals surface area contributed by atoms with Crippen LogP contribution in [0.4, 0.5) is 26.3 Å². The molecular formula is C21H20BF6NO2. The van der Waals surface area contributed by atoms with Crippen LogP contribution in [-0.4, -0.2) is 44.3 Å². The van der Waals surface area contributed by atoms with E-state index in [1.807, 2.05) is 0 Å². The number of benzene rings is 2. The lowest BCUT2D eigenvalue weighted by Gasteiger charge is -2.38. The maximum Gasteiger partial charge on any atom is 0.416 e. The highest BCUT2D eigenvalue weighted by molar-refractivity contribution is 6.08. The van der Waals surface area contributed by atoms with Gasteiger partial charge in [-0.25, -0.2) is 0 Å². The quantitative estimate of drug-likeness (QED) is 0.541. The number of alkyl halides is 6. The van der Waals surface area contributed by atoms with E-state index in [4.69, 9.17) is 12.6 Å². The fourth-order valence-corrected chi connectivity index (χ4v) is 3.77. The number of aliphatic hydroxyl groups excluding tert-OH is 1. The van der Waals surface area contributed by atoms with Gasteiger partial charge < -0.3 is 15.2 Å². The molecule has 3 rings (SSSR count). The van der Waals surface area contributed by atoms with Crippen LogP contribution in [0.25, 0.3) is 0 Å². The third kappa shape index (κ3) is 5.61. The van der Waals surface area contributed by atoms with Crippen molar-refractivity contribution in [3.63, 3.8) is 0 Å². The van der Waals surface area contributed by atoms with Crippen molar-refractivity contribution in [2.45, 2.75) is 42.9 Å². The Hall–Kier alpha value is -2.04. The van der Waals surface area contributed by atoms with E-state index in [1.54, 1.807) is 0 Å². The van der Waals surface area contributed by atoms with E-state index >= 15 is 0 Å². The molecule has 1 aliphatic rings. The Bertz CT molecular complexity index is 797. The highest BCUT2D eigenvalue weighted by atomic mass is 19.4. The molecule has 1 fully saturated rings. The number of halogens is 6. The highest BCUT2D eigenvalue weighted by Crippen LogP contribution is 2.38. The average molecular weight is 443 g/mol. The standard InChI is InChI=1S/C21H20BF6NO2/c22-11-29-16-10-31-18(9-17(16)30)19(12-1-5-14(6-2-12)20(23,24)25)13-3-7-15(8-4-13)21(26,27)28/h1-8,16-19,29-30H,9-11H2/t16-,17+,18+/m1/s1. The topological polar surface area (TPSA) is 41.5 Å². The van der Waals surface area contributed by atoms with Gasteiger partial charge in [-0.05, 0) is 41.8 Å². The molecule has 0 amide bonds. The van der Waals surface area contributed by atoms with Crippen LogP contribution in [0.3, 0.4) is 0 Å². The summed E-state index contributed by atoms with van der Waals surface area (Å²) in [6.45, 7) is 0.0980. The molecule has 3 nitrogen and oxygen atoms in total. The molecule has 31 heavy (non-hydrogen) atoms. The second kappa shape index (κ2) is 9.22. The molecule has 0 aliphatic carbocycles. The maximum absolute atomic E-state index is 12.9. The Kier molecular flexibility index (Phi) is 7.03. The molecule has 166 valence electrons. The van der Waals surface area contributed by atoms with E-state index in [-0.39, 0.29) is 19.5 Å². The van der Waals surface area contributed by atoms with Crippen LogP contribution in [-0.2, 0) is 17.1 Å². The van der Waals surface area contributed by atoms with Gasteiger partial charge in [0.25, 0.3) is 0 Å². The number of ether oxygens (including phenoxy) is 1. The molecule has 1 saturated heterocycles. The van der Waals surface area contributed by atoms with Gasteiger partial charge in [-0.1, -0.05) is 24.3 Å². The van der Waals surface area contributed by atoms with E-state index < -0.39 is 47.6 Å². The molecule has 10 heteroatoms. The SMILES string of the molecule is [B]CN[C@@H]1CO[C@H](C(c2ccc(C(F)(F)F)cc2)c2ccc(C(F)(F)F)cc2)C[C@@H]1O. The van der Waals surface area contributed by atoms with Crippen LogP contribution in [0.15, 0.2) is 48.5 Å². The number of nitrogens with one attached hydrogen (secondary N) is 1. The van der Waals surface area contributed by atoms with Crippen LogP contribution in [0.2, 0.25) is 0 Å². The van der Waals surface area contributed by atoms with Crippen molar-refractivity contribution in [3.8, 4) is 0 Å². The number of hydrogen-bond donors (Lipinski definition) is 2. The second-order valence-electron chi connectivity index (χ2n) is 7.41. The van der Waals surface area contributed by atoms with Gasteiger partial charge in [0.15, 0.2) is 0 Å². The van der Waals surface area contributed by atoms with Crippen LogP contribution in [0.1, 0.15) is 34.6 Å². The first kappa shape index (κ1) is 23.6. The van der Waals surface area contributed by atoms with E-state index in [1.165, 1.54) is 24.3 Å². The molecule has 1 aliphatic heterocycles. The zero-order valence-corrected chi connectivity index (χ0v) is 16.3. The lowest BCUT2D eigenvalue weighted by atomic mass is 9.81. The van der Waals surface area contributed by atoms with Crippen LogP contribution < -0.4 is 5.32 Å². The van der Waals surface area contributed by atoms with Crippen molar-refractivity contribution < 1.29 is 36.2 Å². The maximum atomic E-state index is 12.9. The summed E-state index contributed by atoms with van der Waals surface area (Å²) in [5, 5.41) is 13.3. The van der Waals surface area contributed by atoms with Crippen molar-refractivity contribution in [1.29, 1.82) is 0 Å². The normalized spacial score (nSPS) is 22.6. The van der Waals surface area contributed by atoms with Crippen LogP contribution in [0.5, 0.6) is 0 Å². The number of rotatable bonds is 5. The predicted molar refractivity (Wildman–Crippen MR) is 103 cm³/mol. The summed E-state index contributed by atoms with van der Waals surface area (Å²) >= 11 is 0. The van der Waals surface area contributed by atoms with E-state index in [0.717, 1.165) is 24.3 Å². The van der Waals surface area contributed by atoms with Gasteiger partial charge in [-0.3, -0.25) is 0 Å². The van der Waals surface area contributed by atoms with E-state index in [2.05, 4.69) is 5.32 Å². The summed E-state index contributed by atoms with van der Waals surface area (Å²) in [5.74, 6) is -0.668. The van der Waals surface area contributed by atoms with Crippen molar-refractivity contribution in [1.82, 2.24) is 5.32 Å². The average Bonchev–Trinajstić information content (AvgIpc) is 2.70. The zero-order valence-electron chi connectivity index (χ0n) is 16.3. The summed E-state index contributed by atoms with van der Waals surface area (Å²) in [6, 6.07) is 8.40. The minimum atomic E-state index is -4.51. The minimum absolute atomic E-state index is 0.0980. The summed E-state index contributed by atoms with van der Waals surface area (Å²) in [7, 11) is 5.44. The Morgan fingerprint density at radius 2 is 1.35 bits per heavy atom. The summed E-state index contributed by atoms with van der Waals surface area (Å²) in [5.41, 5.74) is -0.788. The molecule has 0 aromatic heterocycles. The lowest BCUT2D eigenvalue weighted by molar-refractivity contribution is -0.138. The zero-order chi connectivity index (χ0) is 22.8. The first-order chi connectivity index (χ1) is 14.5. The molecule has 3 atom stereocenters. The third-order valence-corrected chi connectivity index (χ3v) is 5.37. The minimum Gasteiger partial charge on any atom is -0.391 e. The van der Waals surface area contributed by atoms with E-state index in [0.29, 0.717) is 11.1 Å². The predicted octanol–water partition coefficient (Wildman–Crippen LogP) is 4.09. The summed E-state index contributed by atoms with van der Waals surface area (Å²) in [4.78, 5) is 0. The molecule has 0 unspecified atom stereocenters. The molecule has 1 heterocycles. The smallest absolute Gasteiger partial charge is 0.391 e. The molecule has 0 saturated carbocycles. The van der Waals surface area contributed by atoms with Gasteiger partial charge in [0.1, 0.15) is 0 Å². The van der Waals surface area contributed by atoms with E-state index in [9.17, 15) is 31.4 Å². The molecule has 0 bridgehead atoms. The summed E-state index contributed by atoms with van der Waals surface area (Å²) < 4.78 is 83.5. The van der Waals surface area contributed by atoms with Crippen molar-refractivity contribution in [3.05, 3.63) is 70.8 Å². The van der Waals surface area contributed by atoms with Crippen LogP contribution >= 0.6 is 0 Å². The molecule has 0 spiro atoms. The molecule has 2 aromatic rings. The van der Waals surface area contributed by atoms with Crippen molar-refractivity contribution >= 4 is 7.85 Å².